The van der Waals surface area contributed by atoms with Gasteiger partial charge in [0.1, 0.15) is 5.60 Å². The van der Waals surface area contributed by atoms with E-state index in [1.807, 2.05) is 25.7 Å². The average Bonchev–Trinajstić information content (AvgIpc) is 2.44. The number of ether oxygens (including phenoxy) is 1. The minimum absolute atomic E-state index is 0.00868. The first-order valence-corrected chi connectivity index (χ1v) is 6.61. The maximum atomic E-state index is 12.3. The highest BCUT2D eigenvalue weighted by Crippen LogP contribution is 2.39. The summed E-state index contributed by atoms with van der Waals surface area (Å²) in [7, 11) is 0. The van der Waals surface area contributed by atoms with Crippen molar-refractivity contribution in [1.29, 1.82) is 0 Å². The van der Waals surface area contributed by atoms with Gasteiger partial charge in [-0.25, -0.2) is 4.79 Å². The van der Waals surface area contributed by atoms with Crippen molar-refractivity contribution in [3.63, 3.8) is 0 Å². The number of nitrogens with zero attached hydrogens (tertiary/aromatic N) is 1. The van der Waals surface area contributed by atoms with Crippen molar-refractivity contribution in [2.75, 3.05) is 13.1 Å². The van der Waals surface area contributed by atoms with E-state index in [-0.39, 0.29) is 11.6 Å². The minimum Gasteiger partial charge on any atom is -0.444 e. The van der Waals surface area contributed by atoms with Gasteiger partial charge in [0, 0.05) is 19.1 Å². The van der Waals surface area contributed by atoms with Crippen molar-refractivity contribution in [2.45, 2.75) is 64.1 Å². The van der Waals surface area contributed by atoms with Gasteiger partial charge < -0.3 is 10.1 Å². The van der Waals surface area contributed by atoms with E-state index in [4.69, 9.17) is 4.74 Å². The molecular weight excluding hydrogens is 216 g/mol. The minimum atomic E-state index is -0.406. The van der Waals surface area contributed by atoms with Crippen LogP contribution in [0.25, 0.3) is 0 Å². The molecule has 2 fully saturated rings. The second-order valence-electron chi connectivity index (χ2n) is 6.25. The van der Waals surface area contributed by atoms with E-state index in [0.29, 0.717) is 6.04 Å². The number of nitrogens with one attached hydrogen (secondary N) is 1. The van der Waals surface area contributed by atoms with Crippen molar-refractivity contribution in [3.05, 3.63) is 0 Å². The lowest BCUT2D eigenvalue weighted by Gasteiger charge is -2.44. The molecule has 2 bridgehead atoms. The van der Waals surface area contributed by atoms with Gasteiger partial charge in [0.05, 0.1) is 5.54 Å². The van der Waals surface area contributed by atoms with Crippen LogP contribution in [0, 0.1) is 0 Å². The van der Waals surface area contributed by atoms with Gasteiger partial charge in [-0.2, -0.15) is 0 Å². The summed E-state index contributed by atoms with van der Waals surface area (Å²) in [5, 5.41) is 3.44. The summed E-state index contributed by atoms with van der Waals surface area (Å²) in [6.45, 7) is 9.74. The third-order valence-corrected chi connectivity index (χ3v) is 3.90. The van der Waals surface area contributed by atoms with Crippen LogP contribution in [0.15, 0.2) is 0 Å². The predicted molar refractivity (Wildman–Crippen MR) is 67.0 cm³/mol. The van der Waals surface area contributed by atoms with Crippen LogP contribution in [0.5, 0.6) is 0 Å². The van der Waals surface area contributed by atoms with Crippen molar-refractivity contribution in [3.8, 4) is 0 Å². The zero-order valence-corrected chi connectivity index (χ0v) is 11.4. The molecule has 0 spiro atoms. The van der Waals surface area contributed by atoms with E-state index in [0.717, 1.165) is 32.4 Å². The zero-order chi connectivity index (χ0) is 12.7. The quantitative estimate of drug-likeness (QED) is 0.763. The molecule has 0 aromatic carbocycles. The molecule has 17 heavy (non-hydrogen) atoms. The van der Waals surface area contributed by atoms with E-state index >= 15 is 0 Å². The van der Waals surface area contributed by atoms with Gasteiger partial charge in [0.15, 0.2) is 0 Å². The van der Waals surface area contributed by atoms with Crippen LogP contribution >= 0.6 is 0 Å². The van der Waals surface area contributed by atoms with Crippen LogP contribution in [-0.2, 0) is 4.74 Å². The summed E-state index contributed by atoms with van der Waals surface area (Å²) < 4.78 is 5.54. The van der Waals surface area contributed by atoms with Gasteiger partial charge in [0.25, 0.3) is 0 Å². The van der Waals surface area contributed by atoms with Crippen LogP contribution in [0.4, 0.5) is 4.79 Å². The van der Waals surface area contributed by atoms with E-state index in [1.54, 1.807) is 0 Å². The number of amides is 1. The molecule has 98 valence electrons. The normalized spacial score (nSPS) is 32.7. The molecule has 2 aliphatic heterocycles. The molecule has 0 radical (unpaired) electrons. The highest BCUT2D eigenvalue weighted by molar-refractivity contribution is 5.70. The Bertz CT molecular complexity index is 307. The standard InChI is InChI=1S/C13H24N2O2/c1-5-13-7-6-10(8-14-9-13)15(13)11(16)17-12(2,3)4/h10,14H,5-9H2,1-4H3. The van der Waals surface area contributed by atoms with Gasteiger partial charge in [-0.05, 0) is 40.0 Å². The Labute approximate surface area is 104 Å². The number of fused-ring (bicyclic) bond motifs is 2. The Morgan fingerprint density at radius 3 is 2.82 bits per heavy atom. The Balaban J connectivity index is 2.16. The fourth-order valence-corrected chi connectivity index (χ4v) is 3.04. The number of hydrogen-bond donors (Lipinski definition) is 1. The summed E-state index contributed by atoms with van der Waals surface area (Å²) in [6, 6.07) is 0.318. The van der Waals surface area contributed by atoms with Crippen LogP contribution in [0.3, 0.4) is 0 Å². The summed E-state index contributed by atoms with van der Waals surface area (Å²) >= 11 is 0. The molecule has 1 N–H and O–H groups in total. The molecule has 2 saturated heterocycles. The van der Waals surface area contributed by atoms with Crippen molar-refractivity contribution < 1.29 is 9.53 Å². The molecular formula is C13H24N2O2. The lowest BCUT2D eigenvalue weighted by Crippen LogP contribution is -2.62. The molecule has 4 nitrogen and oxygen atoms in total. The molecule has 4 heteroatoms. The average molecular weight is 240 g/mol. The van der Waals surface area contributed by atoms with Gasteiger partial charge in [-0.3, -0.25) is 4.90 Å². The van der Waals surface area contributed by atoms with E-state index in [1.165, 1.54) is 0 Å². The molecule has 1 amide bonds. The first-order chi connectivity index (χ1) is 7.88. The summed E-state index contributed by atoms with van der Waals surface area (Å²) in [5.74, 6) is 0. The fraction of sp³-hybridized carbons (Fsp3) is 0.923. The molecule has 0 aromatic rings. The van der Waals surface area contributed by atoms with E-state index in [2.05, 4.69) is 12.2 Å². The largest absolute Gasteiger partial charge is 0.444 e. The maximum Gasteiger partial charge on any atom is 0.411 e. The second-order valence-corrected chi connectivity index (χ2v) is 6.25. The number of rotatable bonds is 1. The molecule has 0 aliphatic carbocycles. The second kappa shape index (κ2) is 4.16. The van der Waals surface area contributed by atoms with Crippen molar-refractivity contribution in [1.82, 2.24) is 10.2 Å². The molecule has 2 unspecified atom stereocenters. The third-order valence-electron chi connectivity index (χ3n) is 3.90. The topological polar surface area (TPSA) is 41.6 Å². The SMILES string of the molecule is CCC12CCC(CNC1)N2C(=O)OC(C)(C)C. The number of hydrogen-bond acceptors (Lipinski definition) is 3. The van der Waals surface area contributed by atoms with Crippen molar-refractivity contribution in [2.24, 2.45) is 0 Å². The molecule has 2 aliphatic rings. The van der Waals surface area contributed by atoms with Gasteiger partial charge in [0.2, 0.25) is 0 Å². The van der Waals surface area contributed by atoms with E-state index in [9.17, 15) is 4.79 Å². The first kappa shape index (κ1) is 12.7. The summed E-state index contributed by atoms with van der Waals surface area (Å²) in [6.07, 6.45) is 3.05. The Morgan fingerprint density at radius 2 is 2.24 bits per heavy atom. The Kier molecular flexibility index (Phi) is 3.10. The fourth-order valence-electron chi connectivity index (χ4n) is 3.04. The predicted octanol–water partition coefficient (Wildman–Crippen LogP) is 2.14. The van der Waals surface area contributed by atoms with E-state index < -0.39 is 5.60 Å². The monoisotopic (exact) mass is 240 g/mol. The van der Waals surface area contributed by atoms with Crippen LogP contribution in [0.1, 0.15) is 47.0 Å². The smallest absolute Gasteiger partial charge is 0.411 e. The Hall–Kier alpha value is -0.770. The maximum absolute atomic E-state index is 12.3. The zero-order valence-electron chi connectivity index (χ0n) is 11.4. The van der Waals surface area contributed by atoms with Gasteiger partial charge in [-0.1, -0.05) is 6.92 Å². The summed E-state index contributed by atoms with van der Waals surface area (Å²) in [5.41, 5.74) is -0.415. The molecule has 0 saturated carbocycles. The van der Waals surface area contributed by atoms with Gasteiger partial charge >= 0.3 is 6.09 Å². The highest BCUT2D eigenvalue weighted by Gasteiger charge is 2.51. The molecule has 2 atom stereocenters. The molecule has 0 aromatic heterocycles. The molecule has 2 heterocycles. The van der Waals surface area contributed by atoms with Crippen LogP contribution in [-0.4, -0.2) is 41.3 Å². The van der Waals surface area contributed by atoms with Crippen molar-refractivity contribution >= 4 is 6.09 Å². The van der Waals surface area contributed by atoms with Crippen LogP contribution < -0.4 is 5.32 Å². The number of carbonyl (C=O) groups excluding carboxylic acids is 1. The Morgan fingerprint density at radius 1 is 1.53 bits per heavy atom. The lowest BCUT2D eigenvalue weighted by atomic mass is 9.93. The van der Waals surface area contributed by atoms with Crippen LogP contribution in [0.2, 0.25) is 0 Å². The number of piperazine rings is 1. The van der Waals surface area contributed by atoms with Gasteiger partial charge in [-0.15, -0.1) is 0 Å². The lowest BCUT2D eigenvalue weighted by molar-refractivity contribution is -0.0110. The highest BCUT2D eigenvalue weighted by atomic mass is 16.6. The molecule has 2 rings (SSSR count). The number of carbonyl (C=O) groups is 1. The summed E-state index contributed by atoms with van der Waals surface area (Å²) in [4.78, 5) is 14.3. The third kappa shape index (κ3) is 2.28. The first-order valence-electron chi connectivity index (χ1n) is 6.61.